The molecule has 2 aromatic rings. The summed E-state index contributed by atoms with van der Waals surface area (Å²) in [6.45, 7) is 7.86. The van der Waals surface area contributed by atoms with E-state index in [0.717, 1.165) is 16.9 Å². The SMILES string of the molecule is CC1(C)CC(=O)N([C@H](c2cccnc2)C2CC2C(=O)N[C@H]2CC(C)(C)Oc3ccccc32)C(N)=N1. The van der Waals surface area contributed by atoms with Crippen molar-refractivity contribution in [3.05, 3.63) is 59.9 Å². The van der Waals surface area contributed by atoms with E-state index in [2.05, 4.69) is 15.3 Å². The van der Waals surface area contributed by atoms with Gasteiger partial charge < -0.3 is 15.8 Å². The van der Waals surface area contributed by atoms with E-state index in [1.807, 2.05) is 64.1 Å². The number of nitrogens with zero attached hydrogens (tertiary/aromatic N) is 3. The van der Waals surface area contributed by atoms with Crippen LogP contribution in [0.5, 0.6) is 5.75 Å². The Kier molecular flexibility index (Phi) is 5.57. The van der Waals surface area contributed by atoms with Crippen molar-refractivity contribution < 1.29 is 14.3 Å². The molecule has 1 aromatic carbocycles. The molecule has 5 rings (SSSR count). The first-order chi connectivity index (χ1) is 16.5. The Morgan fingerprint density at radius 2 is 1.97 bits per heavy atom. The molecule has 1 fully saturated rings. The summed E-state index contributed by atoms with van der Waals surface area (Å²) in [5, 5.41) is 3.27. The number of fused-ring (bicyclic) bond motifs is 1. The molecule has 3 N–H and O–H groups in total. The molecule has 2 aliphatic heterocycles. The predicted octanol–water partition coefficient (Wildman–Crippen LogP) is 3.50. The summed E-state index contributed by atoms with van der Waals surface area (Å²) in [4.78, 5) is 37.1. The summed E-state index contributed by atoms with van der Waals surface area (Å²) in [6.07, 6.45) is 5.05. The third-order valence-corrected chi connectivity index (χ3v) is 7.10. The molecular weight excluding hydrogens is 442 g/mol. The first-order valence-electron chi connectivity index (χ1n) is 12.2. The van der Waals surface area contributed by atoms with E-state index in [0.29, 0.717) is 12.8 Å². The zero-order valence-corrected chi connectivity index (χ0v) is 20.7. The average molecular weight is 476 g/mol. The summed E-state index contributed by atoms with van der Waals surface area (Å²) in [5.74, 6) is 0.616. The van der Waals surface area contributed by atoms with Crippen LogP contribution < -0.4 is 15.8 Å². The van der Waals surface area contributed by atoms with Gasteiger partial charge in [0.2, 0.25) is 11.8 Å². The van der Waals surface area contributed by atoms with Crippen molar-refractivity contribution in [2.75, 3.05) is 0 Å². The molecule has 0 radical (unpaired) electrons. The molecule has 0 spiro atoms. The summed E-state index contributed by atoms with van der Waals surface area (Å²) < 4.78 is 6.11. The standard InChI is InChI=1S/C27H33N5O3/c1-26(2)14-22(33)32(25(28)31-26)23(16-8-7-11-29-15-16)18-12-19(18)24(34)30-20-13-27(3,4)35-21-10-6-5-9-17(20)21/h5-11,15,18-20,23H,12-14H2,1-4H3,(H2,28,31)(H,30,34)/t18?,19?,20-,23+/m0/s1. The van der Waals surface area contributed by atoms with Crippen molar-refractivity contribution in [2.24, 2.45) is 22.6 Å². The van der Waals surface area contributed by atoms with Crippen LogP contribution in [0, 0.1) is 11.8 Å². The molecule has 1 saturated carbocycles. The largest absolute Gasteiger partial charge is 0.487 e. The zero-order chi connectivity index (χ0) is 25.0. The predicted molar refractivity (Wildman–Crippen MR) is 132 cm³/mol. The Labute approximate surface area is 206 Å². The Hall–Kier alpha value is -3.42. The van der Waals surface area contributed by atoms with Gasteiger partial charge in [0.1, 0.15) is 11.4 Å². The number of rotatable bonds is 5. The molecule has 4 atom stereocenters. The van der Waals surface area contributed by atoms with Gasteiger partial charge in [0.15, 0.2) is 5.96 Å². The fraction of sp³-hybridized carbons (Fsp3) is 0.481. The van der Waals surface area contributed by atoms with Gasteiger partial charge in [-0.3, -0.25) is 19.5 Å². The van der Waals surface area contributed by atoms with Crippen LogP contribution in [0.25, 0.3) is 0 Å². The highest BCUT2D eigenvalue weighted by Crippen LogP contribution is 2.51. The van der Waals surface area contributed by atoms with E-state index in [9.17, 15) is 9.59 Å². The minimum atomic E-state index is -0.541. The Morgan fingerprint density at radius 1 is 1.20 bits per heavy atom. The third-order valence-electron chi connectivity index (χ3n) is 7.10. The number of pyridine rings is 1. The number of carbonyl (C=O) groups is 2. The molecule has 2 unspecified atom stereocenters. The second-order valence-electron chi connectivity index (χ2n) is 11.1. The number of nitrogens with one attached hydrogen (secondary N) is 1. The summed E-state index contributed by atoms with van der Waals surface area (Å²) in [7, 11) is 0. The second-order valence-corrected chi connectivity index (χ2v) is 11.1. The number of aromatic nitrogens is 1. The first-order valence-corrected chi connectivity index (χ1v) is 12.2. The maximum atomic E-state index is 13.5. The van der Waals surface area contributed by atoms with Crippen LogP contribution >= 0.6 is 0 Å². The molecule has 2 amide bonds. The number of para-hydroxylation sites is 1. The van der Waals surface area contributed by atoms with Gasteiger partial charge in [-0.05, 0) is 57.7 Å². The monoisotopic (exact) mass is 475 g/mol. The molecule has 3 heterocycles. The minimum Gasteiger partial charge on any atom is -0.487 e. The van der Waals surface area contributed by atoms with Crippen LogP contribution in [0.1, 0.15) is 70.2 Å². The molecule has 184 valence electrons. The number of ether oxygens (including phenoxy) is 1. The fourth-order valence-electron chi connectivity index (χ4n) is 5.50. The van der Waals surface area contributed by atoms with Gasteiger partial charge in [0.25, 0.3) is 0 Å². The van der Waals surface area contributed by atoms with Crippen molar-refractivity contribution in [3.8, 4) is 5.75 Å². The number of nitrogens with two attached hydrogens (primary N) is 1. The minimum absolute atomic E-state index is 0.0123. The van der Waals surface area contributed by atoms with Crippen LogP contribution in [0.3, 0.4) is 0 Å². The van der Waals surface area contributed by atoms with Gasteiger partial charge in [-0.15, -0.1) is 0 Å². The fourth-order valence-corrected chi connectivity index (χ4v) is 5.50. The maximum Gasteiger partial charge on any atom is 0.232 e. The van der Waals surface area contributed by atoms with Crippen molar-refractivity contribution in [2.45, 2.75) is 70.2 Å². The van der Waals surface area contributed by atoms with E-state index in [4.69, 9.17) is 10.5 Å². The lowest BCUT2D eigenvalue weighted by Gasteiger charge is -2.38. The van der Waals surface area contributed by atoms with E-state index in [1.165, 1.54) is 0 Å². The smallest absolute Gasteiger partial charge is 0.232 e. The number of carbonyl (C=O) groups excluding carboxylic acids is 2. The van der Waals surface area contributed by atoms with Gasteiger partial charge in [0, 0.05) is 30.3 Å². The second kappa shape index (κ2) is 8.36. The van der Waals surface area contributed by atoms with Gasteiger partial charge in [0.05, 0.1) is 24.0 Å². The molecular formula is C27H33N5O3. The number of hydrogen-bond donors (Lipinski definition) is 2. The molecule has 1 aromatic heterocycles. The van der Waals surface area contributed by atoms with Crippen LogP contribution in [0.2, 0.25) is 0 Å². The van der Waals surface area contributed by atoms with Crippen molar-refractivity contribution in [1.82, 2.24) is 15.2 Å². The number of guanidine groups is 1. The Balaban J connectivity index is 1.39. The highest BCUT2D eigenvalue weighted by Gasteiger charge is 2.53. The number of benzene rings is 1. The van der Waals surface area contributed by atoms with E-state index < -0.39 is 5.54 Å². The van der Waals surface area contributed by atoms with Gasteiger partial charge in [-0.25, -0.2) is 4.99 Å². The average Bonchev–Trinajstić information content (AvgIpc) is 3.56. The van der Waals surface area contributed by atoms with Crippen LogP contribution in [-0.2, 0) is 9.59 Å². The molecule has 3 aliphatic rings. The van der Waals surface area contributed by atoms with Gasteiger partial charge >= 0.3 is 0 Å². The Bertz CT molecular complexity index is 1180. The molecule has 35 heavy (non-hydrogen) atoms. The zero-order valence-electron chi connectivity index (χ0n) is 20.7. The molecule has 8 nitrogen and oxygen atoms in total. The lowest BCUT2D eigenvalue weighted by molar-refractivity contribution is -0.132. The quantitative estimate of drug-likeness (QED) is 0.688. The maximum absolute atomic E-state index is 13.5. The van der Waals surface area contributed by atoms with E-state index in [1.54, 1.807) is 17.3 Å². The van der Waals surface area contributed by atoms with Gasteiger partial charge in [-0.2, -0.15) is 0 Å². The lowest BCUT2D eigenvalue weighted by atomic mass is 9.89. The van der Waals surface area contributed by atoms with Crippen LogP contribution in [0.15, 0.2) is 53.8 Å². The van der Waals surface area contributed by atoms with E-state index >= 15 is 0 Å². The van der Waals surface area contributed by atoms with Crippen molar-refractivity contribution in [1.29, 1.82) is 0 Å². The topological polar surface area (TPSA) is 110 Å². The normalized spacial score (nSPS) is 27.2. The van der Waals surface area contributed by atoms with Crippen LogP contribution in [-0.4, -0.2) is 38.8 Å². The number of hydrogen-bond acceptors (Lipinski definition) is 6. The molecule has 1 aliphatic carbocycles. The van der Waals surface area contributed by atoms with Crippen molar-refractivity contribution >= 4 is 17.8 Å². The number of amides is 2. The summed E-state index contributed by atoms with van der Waals surface area (Å²) in [5.41, 5.74) is 7.25. The van der Waals surface area contributed by atoms with Crippen LogP contribution in [0.4, 0.5) is 0 Å². The van der Waals surface area contributed by atoms with Gasteiger partial charge in [-0.1, -0.05) is 24.3 Å². The van der Waals surface area contributed by atoms with Crippen molar-refractivity contribution in [3.63, 3.8) is 0 Å². The molecule has 0 saturated heterocycles. The number of aliphatic imine (C=N–C) groups is 1. The van der Waals surface area contributed by atoms with E-state index in [-0.39, 0.29) is 53.7 Å². The molecule has 8 heteroatoms. The summed E-state index contributed by atoms with van der Waals surface area (Å²) in [6, 6.07) is 11.1. The Morgan fingerprint density at radius 3 is 2.69 bits per heavy atom. The lowest BCUT2D eigenvalue weighted by Crippen LogP contribution is -2.52. The highest BCUT2D eigenvalue weighted by molar-refractivity contribution is 5.99. The highest BCUT2D eigenvalue weighted by atomic mass is 16.5. The third kappa shape index (κ3) is 4.61. The summed E-state index contributed by atoms with van der Waals surface area (Å²) >= 11 is 0. The molecule has 0 bridgehead atoms. The first kappa shape index (κ1) is 23.3.